The molecule has 3 heteroatoms. The van der Waals surface area contributed by atoms with E-state index in [1.165, 1.54) is 0 Å². The van der Waals surface area contributed by atoms with Gasteiger partial charge in [0.15, 0.2) is 0 Å². The Hall–Kier alpha value is -2.39. The van der Waals surface area contributed by atoms with Gasteiger partial charge >= 0.3 is 0 Å². The smallest absolute Gasteiger partial charge is 0.0695 e. The van der Waals surface area contributed by atoms with Crippen LogP contribution >= 0.6 is 12.6 Å². The van der Waals surface area contributed by atoms with Crippen molar-refractivity contribution < 1.29 is 0 Å². The minimum absolute atomic E-state index is 0.686. The van der Waals surface area contributed by atoms with Gasteiger partial charge in [-0.1, -0.05) is 62.9 Å². The normalized spacial score (nSPS) is 10.9. The number of rotatable bonds is 4. The summed E-state index contributed by atoms with van der Waals surface area (Å²) in [5.41, 5.74) is 4.36. The van der Waals surface area contributed by atoms with E-state index in [4.69, 9.17) is 0 Å². The van der Waals surface area contributed by atoms with E-state index in [1.807, 2.05) is 51.2 Å². The highest BCUT2D eigenvalue weighted by atomic mass is 32.1. The van der Waals surface area contributed by atoms with Crippen molar-refractivity contribution in [1.29, 1.82) is 0 Å². The first-order chi connectivity index (χ1) is 11.7. The summed E-state index contributed by atoms with van der Waals surface area (Å²) in [6, 6.07) is 18.5. The molecule has 0 aliphatic rings. The van der Waals surface area contributed by atoms with Gasteiger partial charge in [-0.25, -0.2) is 0 Å². The minimum atomic E-state index is 0.686. The fraction of sp³-hybridized carbons (Fsp3) is 0.143. The monoisotopic (exact) mass is 336 g/mol. The molecule has 1 aromatic heterocycles. The quantitative estimate of drug-likeness (QED) is 0.523. The van der Waals surface area contributed by atoms with E-state index in [9.17, 15) is 0 Å². The van der Waals surface area contributed by atoms with Crippen LogP contribution in [0.5, 0.6) is 0 Å². The van der Waals surface area contributed by atoms with Gasteiger partial charge in [0.25, 0.3) is 0 Å². The largest absolute Gasteiger partial charge is 0.361 e. The molecule has 24 heavy (non-hydrogen) atoms. The minimum Gasteiger partial charge on any atom is -0.361 e. The second-order valence-corrected chi connectivity index (χ2v) is 5.52. The predicted molar refractivity (Wildman–Crippen MR) is 110 cm³/mol. The second-order valence-electron chi connectivity index (χ2n) is 5.01. The van der Waals surface area contributed by atoms with Gasteiger partial charge in [-0.05, 0) is 30.7 Å². The summed E-state index contributed by atoms with van der Waals surface area (Å²) >= 11 is 4.53. The zero-order valence-corrected chi connectivity index (χ0v) is 15.3. The van der Waals surface area contributed by atoms with Crippen molar-refractivity contribution >= 4 is 34.9 Å². The first-order valence-corrected chi connectivity index (χ1v) is 8.63. The third-order valence-electron chi connectivity index (χ3n) is 3.65. The van der Waals surface area contributed by atoms with E-state index in [2.05, 4.69) is 65.5 Å². The molecule has 0 aliphatic heterocycles. The Morgan fingerprint density at radius 1 is 1.04 bits per heavy atom. The van der Waals surface area contributed by atoms with Gasteiger partial charge in [0.05, 0.1) is 10.7 Å². The highest BCUT2D eigenvalue weighted by Gasteiger charge is 2.17. The van der Waals surface area contributed by atoms with Crippen LogP contribution in [-0.4, -0.2) is 4.98 Å². The molecule has 124 valence electrons. The van der Waals surface area contributed by atoms with E-state index in [0.717, 1.165) is 27.9 Å². The maximum absolute atomic E-state index is 4.53. The number of hydrogen-bond acceptors (Lipinski definition) is 2. The number of nitrogens with one attached hydrogen (secondary N) is 1. The van der Waals surface area contributed by atoms with Gasteiger partial charge in [0.1, 0.15) is 0 Å². The molecule has 0 radical (unpaired) electrons. The van der Waals surface area contributed by atoms with Crippen LogP contribution in [0.3, 0.4) is 0 Å². The van der Waals surface area contributed by atoms with Crippen LogP contribution in [0.4, 0.5) is 5.69 Å². The summed E-state index contributed by atoms with van der Waals surface area (Å²) in [4.78, 5) is 5.33. The number of fused-ring (bicyclic) bond motifs is 1. The van der Waals surface area contributed by atoms with Crippen molar-refractivity contribution in [1.82, 2.24) is 4.98 Å². The highest BCUT2D eigenvalue weighted by Crippen LogP contribution is 2.35. The van der Waals surface area contributed by atoms with Crippen molar-refractivity contribution in [2.24, 2.45) is 0 Å². The average molecular weight is 337 g/mol. The summed E-state index contributed by atoms with van der Waals surface area (Å²) in [5.74, 6) is 0. The van der Waals surface area contributed by atoms with E-state index in [1.54, 1.807) is 0 Å². The van der Waals surface area contributed by atoms with Crippen molar-refractivity contribution in [3.63, 3.8) is 0 Å². The number of nitrogens with zero attached hydrogens (tertiary/aromatic N) is 1. The lowest BCUT2D eigenvalue weighted by Crippen LogP contribution is -2.17. The second kappa shape index (κ2) is 8.46. The van der Waals surface area contributed by atoms with Crippen LogP contribution < -0.4 is 4.90 Å². The molecule has 0 saturated carbocycles. The Morgan fingerprint density at radius 2 is 1.75 bits per heavy atom. The van der Waals surface area contributed by atoms with Gasteiger partial charge in [0, 0.05) is 22.8 Å². The van der Waals surface area contributed by atoms with Crippen molar-refractivity contribution in [3.8, 4) is 0 Å². The predicted octanol–water partition coefficient (Wildman–Crippen LogP) is 6.46. The molecule has 0 atom stereocenters. The maximum Gasteiger partial charge on any atom is 0.0695 e. The zero-order chi connectivity index (χ0) is 17.5. The molecule has 3 rings (SSSR count). The number of allylic oxidation sites excluding steroid dienone is 1. The number of hydrogen-bond donors (Lipinski definition) is 2. The van der Waals surface area contributed by atoms with Crippen LogP contribution in [-0.2, 0) is 0 Å². The standard InChI is InChI=1S/C19H18N2S.C2H6/c1-3-18(15-8-5-4-6-9-15)21(14(2)22)19-11-7-10-17-16(19)12-13-20-17;1-2/h3-13,20,22H,2H2,1H3;1-2H3/b18-3-;. The summed E-state index contributed by atoms with van der Waals surface area (Å²) < 4.78 is 0. The van der Waals surface area contributed by atoms with Gasteiger partial charge in [0.2, 0.25) is 0 Å². The third-order valence-corrected chi connectivity index (χ3v) is 3.85. The molecule has 3 aromatic rings. The molecule has 0 fully saturated rings. The Balaban J connectivity index is 0.00000100. The molecule has 0 aliphatic carbocycles. The number of thiol groups is 1. The number of aromatic amines is 1. The summed E-state index contributed by atoms with van der Waals surface area (Å²) in [6.45, 7) is 10.1. The third kappa shape index (κ3) is 3.57. The van der Waals surface area contributed by atoms with E-state index < -0.39 is 0 Å². The molecule has 1 heterocycles. The molecule has 0 saturated heterocycles. The van der Waals surface area contributed by atoms with Gasteiger partial charge in [-0.15, -0.1) is 12.6 Å². The Morgan fingerprint density at radius 3 is 2.38 bits per heavy atom. The van der Waals surface area contributed by atoms with E-state index >= 15 is 0 Å². The molecule has 0 amide bonds. The van der Waals surface area contributed by atoms with Crippen LogP contribution in [0, 0.1) is 0 Å². The fourth-order valence-corrected chi connectivity index (χ4v) is 2.92. The number of anilines is 1. The van der Waals surface area contributed by atoms with Gasteiger partial charge in [-0.2, -0.15) is 0 Å². The molecule has 0 bridgehead atoms. The van der Waals surface area contributed by atoms with E-state index in [-0.39, 0.29) is 0 Å². The Kier molecular flexibility index (Phi) is 6.33. The SMILES string of the molecule is C=C(S)N(/C(=C\C)c1ccccc1)c1cccc2[nH]ccc12.CC. The lowest BCUT2D eigenvalue weighted by molar-refractivity contribution is 1.29. The Labute approximate surface area is 149 Å². The molecular formula is C21H24N2S. The molecule has 2 aromatic carbocycles. The molecule has 0 spiro atoms. The lowest BCUT2D eigenvalue weighted by Gasteiger charge is -2.28. The number of benzene rings is 2. The number of aromatic nitrogens is 1. The average Bonchev–Trinajstić information content (AvgIpc) is 3.11. The Bertz CT molecular complexity index is 831. The first-order valence-electron chi connectivity index (χ1n) is 8.18. The van der Waals surface area contributed by atoms with Crippen LogP contribution in [0.25, 0.3) is 16.6 Å². The summed E-state index contributed by atoms with van der Waals surface area (Å²) in [7, 11) is 0. The van der Waals surface area contributed by atoms with Crippen molar-refractivity contribution in [2.75, 3.05) is 4.90 Å². The van der Waals surface area contributed by atoms with Crippen LogP contribution in [0.2, 0.25) is 0 Å². The first kappa shape index (κ1) is 18.0. The van der Waals surface area contributed by atoms with Gasteiger partial charge in [-0.3, -0.25) is 0 Å². The van der Waals surface area contributed by atoms with Crippen molar-refractivity contribution in [2.45, 2.75) is 20.8 Å². The summed E-state index contributed by atoms with van der Waals surface area (Å²) in [5, 5.41) is 1.83. The zero-order valence-electron chi connectivity index (χ0n) is 14.5. The molecule has 0 unspecified atom stereocenters. The van der Waals surface area contributed by atoms with E-state index in [0.29, 0.717) is 5.03 Å². The van der Waals surface area contributed by atoms with Crippen LogP contribution in [0.1, 0.15) is 26.3 Å². The van der Waals surface area contributed by atoms with Gasteiger partial charge < -0.3 is 9.88 Å². The van der Waals surface area contributed by atoms with Crippen molar-refractivity contribution in [3.05, 3.63) is 84.0 Å². The molecular weight excluding hydrogens is 312 g/mol. The topological polar surface area (TPSA) is 19.0 Å². The van der Waals surface area contributed by atoms with Crippen LogP contribution in [0.15, 0.2) is 78.5 Å². The molecule has 1 N–H and O–H groups in total. The highest BCUT2D eigenvalue weighted by molar-refractivity contribution is 7.84. The number of H-pyrrole nitrogens is 1. The lowest BCUT2D eigenvalue weighted by atomic mass is 10.1. The summed E-state index contributed by atoms with van der Waals surface area (Å²) in [6.07, 6.45) is 4.04. The maximum atomic E-state index is 4.53. The molecule has 2 nitrogen and oxygen atoms in total. The fourth-order valence-electron chi connectivity index (χ4n) is 2.71.